The Bertz CT molecular complexity index is 1010. The van der Waals surface area contributed by atoms with Crippen LogP contribution in [0.3, 0.4) is 0 Å². The largest absolute Gasteiger partial charge is 0.398 e. The number of fused-ring (bicyclic) bond motifs is 1. The van der Waals surface area contributed by atoms with Crippen LogP contribution in [0.1, 0.15) is 44.6 Å². The van der Waals surface area contributed by atoms with Gasteiger partial charge in [0, 0.05) is 34.7 Å². The number of nitrogens with two attached hydrogens (primary N) is 1. The first-order valence-electron chi connectivity index (χ1n) is 10.9. The number of rotatable bonds is 4. The van der Waals surface area contributed by atoms with E-state index in [-0.39, 0.29) is 12.5 Å². The first kappa shape index (κ1) is 24.3. The molecule has 0 saturated heterocycles. The van der Waals surface area contributed by atoms with Gasteiger partial charge in [0.15, 0.2) is 0 Å². The summed E-state index contributed by atoms with van der Waals surface area (Å²) in [6.07, 6.45) is 0.804. The standard InChI is InChI=1S/C20H21N5OS.2C2H6/c1-12-6-7-14(20-23-13(2)24-27-20)10-17(12)22-11-19(26)25-9-8-15-16(21)4-3-5-18(15)25;2*1-2/h3-7,10,22H,8-9,11,21H2,1-2H3;2*1-2H3. The van der Waals surface area contributed by atoms with Crippen molar-refractivity contribution in [1.29, 1.82) is 0 Å². The molecule has 7 heteroatoms. The molecule has 3 aromatic rings. The van der Waals surface area contributed by atoms with Crippen LogP contribution < -0.4 is 16.0 Å². The molecule has 2 aromatic carbocycles. The molecule has 0 saturated carbocycles. The summed E-state index contributed by atoms with van der Waals surface area (Å²) in [5, 5.41) is 4.17. The average molecular weight is 440 g/mol. The van der Waals surface area contributed by atoms with Crippen molar-refractivity contribution in [1.82, 2.24) is 9.36 Å². The molecule has 4 rings (SSSR count). The maximum atomic E-state index is 12.8. The van der Waals surface area contributed by atoms with Crippen LogP contribution in [0.25, 0.3) is 10.6 Å². The number of carbonyl (C=O) groups is 1. The van der Waals surface area contributed by atoms with Gasteiger partial charge in [0.2, 0.25) is 5.91 Å². The van der Waals surface area contributed by atoms with Gasteiger partial charge in [-0.05, 0) is 55.6 Å². The quantitative estimate of drug-likeness (QED) is 0.528. The Hall–Kier alpha value is -2.93. The molecule has 1 aromatic heterocycles. The van der Waals surface area contributed by atoms with Gasteiger partial charge in [-0.3, -0.25) is 4.79 Å². The number of amides is 1. The van der Waals surface area contributed by atoms with Crippen molar-refractivity contribution in [3.8, 4) is 10.6 Å². The molecule has 0 atom stereocenters. The summed E-state index contributed by atoms with van der Waals surface area (Å²) in [6, 6.07) is 11.8. The van der Waals surface area contributed by atoms with E-state index < -0.39 is 0 Å². The topological polar surface area (TPSA) is 84.1 Å². The number of anilines is 3. The maximum Gasteiger partial charge on any atom is 0.246 e. The molecule has 0 radical (unpaired) electrons. The van der Waals surface area contributed by atoms with Crippen LogP contribution >= 0.6 is 11.5 Å². The lowest BCUT2D eigenvalue weighted by molar-refractivity contribution is -0.116. The normalized spacial score (nSPS) is 11.6. The van der Waals surface area contributed by atoms with Crippen LogP contribution in [0.4, 0.5) is 17.1 Å². The van der Waals surface area contributed by atoms with Crippen molar-refractivity contribution in [2.45, 2.75) is 48.0 Å². The van der Waals surface area contributed by atoms with Crippen molar-refractivity contribution in [3.63, 3.8) is 0 Å². The third-order valence-electron chi connectivity index (χ3n) is 4.81. The number of aryl methyl sites for hydroxylation is 2. The first-order valence-corrected chi connectivity index (χ1v) is 11.6. The van der Waals surface area contributed by atoms with Crippen LogP contribution in [0, 0.1) is 13.8 Å². The Morgan fingerprint density at radius 1 is 1.16 bits per heavy atom. The van der Waals surface area contributed by atoms with E-state index in [1.54, 1.807) is 0 Å². The third kappa shape index (κ3) is 5.61. The summed E-state index contributed by atoms with van der Waals surface area (Å²) in [7, 11) is 0. The van der Waals surface area contributed by atoms with E-state index in [0.29, 0.717) is 6.54 Å². The minimum absolute atomic E-state index is 0.0379. The van der Waals surface area contributed by atoms with Crippen molar-refractivity contribution in [2.75, 3.05) is 29.0 Å². The van der Waals surface area contributed by atoms with E-state index in [0.717, 1.165) is 51.0 Å². The van der Waals surface area contributed by atoms with E-state index >= 15 is 0 Å². The number of carbonyl (C=O) groups excluding carboxylic acids is 1. The second-order valence-electron chi connectivity index (χ2n) is 6.67. The van der Waals surface area contributed by atoms with Crippen molar-refractivity contribution in [3.05, 3.63) is 53.3 Å². The molecule has 0 fully saturated rings. The predicted octanol–water partition coefficient (Wildman–Crippen LogP) is 5.46. The van der Waals surface area contributed by atoms with E-state index in [1.807, 2.05) is 82.8 Å². The van der Waals surface area contributed by atoms with E-state index in [2.05, 4.69) is 14.7 Å². The Labute approximate surface area is 189 Å². The van der Waals surface area contributed by atoms with Crippen molar-refractivity contribution in [2.24, 2.45) is 0 Å². The first-order chi connectivity index (χ1) is 15.0. The molecular formula is C24H33N5OS. The molecule has 0 bridgehead atoms. The molecule has 0 aliphatic carbocycles. The van der Waals surface area contributed by atoms with Crippen molar-refractivity contribution >= 4 is 34.5 Å². The summed E-state index contributed by atoms with van der Waals surface area (Å²) in [5.74, 6) is 0.808. The minimum atomic E-state index is 0.0379. The smallest absolute Gasteiger partial charge is 0.246 e. The number of hydrogen-bond donors (Lipinski definition) is 2. The van der Waals surface area contributed by atoms with Gasteiger partial charge in [0.05, 0.1) is 6.54 Å². The van der Waals surface area contributed by atoms with Crippen LogP contribution in [0.2, 0.25) is 0 Å². The highest BCUT2D eigenvalue weighted by Gasteiger charge is 2.25. The fourth-order valence-corrected chi connectivity index (χ4v) is 4.01. The number of nitrogen functional groups attached to an aromatic ring is 1. The highest BCUT2D eigenvalue weighted by molar-refractivity contribution is 7.09. The summed E-state index contributed by atoms with van der Waals surface area (Å²) in [5.41, 5.74) is 11.8. The second-order valence-corrected chi connectivity index (χ2v) is 7.42. The summed E-state index contributed by atoms with van der Waals surface area (Å²) in [4.78, 5) is 19.0. The number of nitrogens with zero attached hydrogens (tertiary/aromatic N) is 3. The molecule has 6 nitrogen and oxygen atoms in total. The zero-order chi connectivity index (χ0) is 23.0. The Kier molecular flexibility index (Phi) is 9.00. The highest BCUT2D eigenvalue weighted by Crippen LogP contribution is 2.32. The lowest BCUT2D eigenvalue weighted by Gasteiger charge is -2.19. The van der Waals surface area contributed by atoms with Gasteiger partial charge < -0.3 is 16.0 Å². The molecule has 1 aliphatic rings. The lowest BCUT2D eigenvalue weighted by Crippen LogP contribution is -2.34. The van der Waals surface area contributed by atoms with Crippen LogP contribution in [-0.4, -0.2) is 28.4 Å². The van der Waals surface area contributed by atoms with E-state index in [4.69, 9.17) is 5.73 Å². The summed E-state index contributed by atoms with van der Waals surface area (Å²) < 4.78 is 4.24. The monoisotopic (exact) mass is 439 g/mol. The van der Waals surface area contributed by atoms with Crippen LogP contribution in [-0.2, 0) is 11.2 Å². The molecule has 1 aliphatic heterocycles. The zero-order valence-electron chi connectivity index (χ0n) is 19.3. The fraction of sp³-hybridized carbons (Fsp3) is 0.375. The lowest BCUT2D eigenvalue weighted by atomic mass is 10.1. The second kappa shape index (κ2) is 11.5. The summed E-state index contributed by atoms with van der Waals surface area (Å²) in [6.45, 7) is 12.8. The van der Waals surface area contributed by atoms with Gasteiger partial charge in [-0.25, -0.2) is 4.98 Å². The van der Waals surface area contributed by atoms with Gasteiger partial charge in [-0.1, -0.05) is 45.9 Å². The Balaban J connectivity index is 0.000000807. The van der Waals surface area contributed by atoms with Crippen LogP contribution in [0.15, 0.2) is 36.4 Å². The van der Waals surface area contributed by atoms with Gasteiger partial charge >= 0.3 is 0 Å². The number of aromatic nitrogens is 2. The van der Waals surface area contributed by atoms with Crippen molar-refractivity contribution < 1.29 is 4.79 Å². The maximum absolute atomic E-state index is 12.8. The minimum Gasteiger partial charge on any atom is -0.398 e. The number of hydrogen-bond acceptors (Lipinski definition) is 6. The SMILES string of the molecule is CC.CC.Cc1nsc(-c2ccc(C)c(NCC(=O)N3CCc4c(N)cccc43)c2)n1. The molecule has 2 heterocycles. The molecule has 166 valence electrons. The molecule has 0 unspecified atom stereocenters. The zero-order valence-corrected chi connectivity index (χ0v) is 20.1. The van der Waals surface area contributed by atoms with Crippen LogP contribution in [0.5, 0.6) is 0 Å². The number of benzene rings is 2. The third-order valence-corrected chi connectivity index (χ3v) is 5.66. The number of nitrogens with one attached hydrogen (secondary N) is 1. The summed E-state index contributed by atoms with van der Waals surface area (Å²) >= 11 is 1.38. The fourth-order valence-electron chi connectivity index (χ4n) is 3.35. The average Bonchev–Trinajstić information content (AvgIpc) is 3.43. The van der Waals surface area contributed by atoms with E-state index in [1.165, 1.54) is 11.5 Å². The van der Waals surface area contributed by atoms with Gasteiger partial charge in [-0.2, -0.15) is 4.37 Å². The molecule has 31 heavy (non-hydrogen) atoms. The highest BCUT2D eigenvalue weighted by atomic mass is 32.1. The molecule has 3 N–H and O–H groups in total. The van der Waals surface area contributed by atoms with Gasteiger partial charge in [0.25, 0.3) is 0 Å². The molecular weight excluding hydrogens is 406 g/mol. The van der Waals surface area contributed by atoms with Gasteiger partial charge in [-0.15, -0.1) is 0 Å². The molecule has 1 amide bonds. The van der Waals surface area contributed by atoms with Gasteiger partial charge in [0.1, 0.15) is 10.8 Å². The predicted molar refractivity (Wildman–Crippen MR) is 133 cm³/mol. The Morgan fingerprint density at radius 3 is 2.58 bits per heavy atom. The Morgan fingerprint density at radius 2 is 1.90 bits per heavy atom. The molecule has 0 spiro atoms. The van der Waals surface area contributed by atoms with E-state index in [9.17, 15) is 4.79 Å².